The minimum absolute atomic E-state index is 0.0609. The average molecular weight is 622 g/mol. The Kier molecular flexibility index (Phi) is 10.3. The summed E-state index contributed by atoms with van der Waals surface area (Å²) in [5, 5.41) is 10.6. The van der Waals surface area contributed by atoms with Crippen LogP contribution in [0.2, 0.25) is 0 Å². The Labute approximate surface area is 263 Å². The van der Waals surface area contributed by atoms with Crippen molar-refractivity contribution in [3.8, 4) is 11.5 Å². The molecule has 2 aromatic carbocycles. The van der Waals surface area contributed by atoms with Crippen LogP contribution in [0.3, 0.4) is 0 Å². The molecule has 0 radical (unpaired) electrons. The molecule has 0 fully saturated rings. The summed E-state index contributed by atoms with van der Waals surface area (Å²) >= 11 is 0. The normalized spacial score (nSPS) is 12.9. The largest absolute Gasteiger partial charge is 0.444 e. The predicted octanol–water partition coefficient (Wildman–Crippen LogP) is 2.92. The van der Waals surface area contributed by atoms with Gasteiger partial charge in [0.05, 0.1) is 13.1 Å². The number of ether oxygens (including phenoxy) is 1. The molecule has 13 heteroatoms. The number of aromatic nitrogens is 2. The molecular weight excluding hydrogens is 578 g/mol. The van der Waals surface area contributed by atoms with E-state index in [0.717, 1.165) is 10.2 Å². The standard InChI is InChI=1S/C32H43N7O6/c1-8-37(31(43)45-32(3,4)5)16-15-33-27(40)20-38(21-28(41)36(7)39-18-24-11-9-10-12-25(24)19-39)26-14-13-23(17-22(26)2)29-34-35(6)30(42)44-29/h9-14,17H,8,15-16,18-21H2,1-7H3,(H,33,40). The van der Waals surface area contributed by atoms with Crippen LogP contribution in [0, 0.1) is 6.92 Å². The Balaban J connectivity index is 1.48. The first-order chi connectivity index (χ1) is 21.3. The minimum Gasteiger partial charge on any atom is -0.444 e. The van der Waals surface area contributed by atoms with Gasteiger partial charge in [-0.1, -0.05) is 24.3 Å². The Morgan fingerprint density at radius 3 is 2.29 bits per heavy atom. The number of nitrogens with one attached hydrogen (secondary N) is 1. The Morgan fingerprint density at radius 2 is 1.73 bits per heavy atom. The molecule has 13 nitrogen and oxygen atoms in total. The number of anilines is 1. The van der Waals surface area contributed by atoms with Crippen molar-refractivity contribution >= 4 is 23.6 Å². The number of hydrogen-bond acceptors (Lipinski definition) is 9. The number of rotatable bonds is 11. The lowest BCUT2D eigenvalue weighted by Gasteiger charge is -2.32. The van der Waals surface area contributed by atoms with Gasteiger partial charge in [0.25, 0.3) is 5.91 Å². The first-order valence-electron chi connectivity index (χ1n) is 15.0. The number of hydrazine groups is 1. The first-order valence-corrected chi connectivity index (χ1v) is 15.0. The highest BCUT2D eigenvalue weighted by atomic mass is 16.6. The summed E-state index contributed by atoms with van der Waals surface area (Å²) < 4.78 is 11.8. The molecule has 1 aliphatic heterocycles. The van der Waals surface area contributed by atoms with Crippen molar-refractivity contribution in [3.63, 3.8) is 0 Å². The third-order valence-corrected chi connectivity index (χ3v) is 7.48. The molecule has 0 atom stereocenters. The molecule has 4 rings (SSSR count). The lowest BCUT2D eigenvalue weighted by molar-refractivity contribution is -0.145. The molecule has 0 saturated carbocycles. The van der Waals surface area contributed by atoms with Gasteiger partial charge in [-0.05, 0) is 69.5 Å². The quantitative estimate of drug-likeness (QED) is 0.343. The van der Waals surface area contributed by atoms with E-state index in [9.17, 15) is 19.2 Å². The lowest BCUT2D eigenvalue weighted by Crippen LogP contribution is -2.48. The van der Waals surface area contributed by atoms with Crippen molar-refractivity contribution in [1.82, 2.24) is 30.0 Å². The van der Waals surface area contributed by atoms with Gasteiger partial charge >= 0.3 is 11.8 Å². The number of hydrogen-bond donors (Lipinski definition) is 1. The number of carbonyl (C=O) groups is 3. The van der Waals surface area contributed by atoms with Crippen LogP contribution in [0.5, 0.6) is 0 Å². The van der Waals surface area contributed by atoms with Crippen LogP contribution in [0.25, 0.3) is 11.5 Å². The molecule has 0 unspecified atom stereocenters. The second kappa shape index (κ2) is 14.0. The maximum atomic E-state index is 13.6. The molecule has 242 valence electrons. The monoisotopic (exact) mass is 621 g/mol. The van der Waals surface area contributed by atoms with Crippen LogP contribution >= 0.6 is 0 Å². The lowest BCUT2D eigenvalue weighted by atomic mass is 10.1. The fraction of sp³-hybridized carbons (Fsp3) is 0.469. The van der Waals surface area contributed by atoms with Crippen molar-refractivity contribution in [3.05, 3.63) is 69.7 Å². The van der Waals surface area contributed by atoms with Crippen molar-refractivity contribution < 1.29 is 23.5 Å². The number of nitrogens with zero attached hydrogens (tertiary/aromatic N) is 6. The molecular formula is C32H43N7O6. The van der Waals surface area contributed by atoms with Gasteiger partial charge in [-0.3, -0.25) is 14.6 Å². The van der Waals surface area contributed by atoms with Crippen LogP contribution in [-0.4, -0.2) is 88.0 Å². The zero-order valence-electron chi connectivity index (χ0n) is 27.1. The van der Waals surface area contributed by atoms with E-state index in [2.05, 4.69) is 22.5 Å². The van der Waals surface area contributed by atoms with E-state index in [1.165, 1.54) is 23.1 Å². The molecule has 1 aliphatic rings. The number of carbonyl (C=O) groups excluding carboxylic acids is 3. The van der Waals surface area contributed by atoms with Gasteiger partial charge in [-0.25, -0.2) is 14.6 Å². The van der Waals surface area contributed by atoms with Crippen LogP contribution in [0.4, 0.5) is 10.5 Å². The molecule has 0 aliphatic carbocycles. The van der Waals surface area contributed by atoms with E-state index in [1.54, 1.807) is 55.9 Å². The highest BCUT2D eigenvalue weighted by Gasteiger charge is 2.27. The van der Waals surface area contributed by atoms with Crippen molar-refractivity contribution in [2.75, 3.05) is 44.7 Å². The Bertz CT molecular complexity index is 1570. The number of benzene rings is 2. The number of aryl methyl sites for hydroxylation is 2. The number of likely N-dealkylation sites (N-methyl/N-ethyl adjacent to an activating group) is 2. The second-order valence-corrected chi connectivity index (χ2v) is 12.1. The third kappa shape index (κ3) is 8.50. The SMILES string of the molecule is CCN(CCNC(=O)CN(CC(=O)N(C)N1Cc2ccccc2C1)c1ccc(-c2nn(C)c(=O)o2)cc1C)C(=O)OC(C)(C)C. The van der Waals surface area contributed by atoms with Gasteiger partial charge in [0, 0.05) is 58.1 Å². The molecule has 3 amide bonds. The smallest absolute Gasteiger partial charge is 0.437 e. The first kappa shape index (κ1) is 33.2. The van der Waals surface area contributed by atoms with Crippen LogP contribution < -0.4 is 16.0 Å². The van der Waals surface area contributed by atoms with Crippen LogP contribution in [0.1, 0.15) is 44.4 Å². The Morgan fingerprint density at radius 1 is 1.07 bits per heavy atom. The third-order valence-electron chi connectivity index (χ3n) is 7.48. The fourth-order valence-electron chi connectivity index (χ4n) is 5.05. The van der Waals surface area contributed by atoms with Gasteiger partial charge in [0.15, 0.2) is 0 Å². The fourth-order valence-corrected chi connectivity index (χ4v) is 5.05. The molecule has 1 N–H and O–H groups in total. The topological polar surface area (TPSA) is 133 Å². The molecule has 0 saturated heterocycles. The van der Waals surface area contributed by atoms with E-state index in [0.29, 0.717) is 30.9 Å². The molecule has 3 aromatic rings. The summed E-state index contributed by atoms with van der Waals surface area (Å²) in [6.07, 6.45) is -0.446. The van der Waals surface area contributed by atoms with Crippen molar-refractivity contribution in [2.24, 2.45) is 7.05 Å². The number of amides is 3. The summed E-state index contributed by atoms with van der Waals surface area (Å²) in [6.45, 7) is 11.1. The van der Waals surface area contributed by atoms with Crippen LogP contribution in [0.15, 0.2) is 51.7 Å². The highest BCUT2D eigenvalue weighted by molar-refractivity contribution is 5.87. The summed E-state index contributed by atoms with van der Waals surface area (Å²) in [5.41, 5.74) is 3.75. The van der Waals surface area contributed by atoms with E-state index < -0.39 is 17.5 Å². The molecule has 0 bridgehead atoms. The van der Waals surface area contributed by atoms with Gasteiger partial charge in [-0.15, -0.1) is 5.10 Å². The van der Waals surface area contributed by atoms with Crippen LogP contribution in [-0.2, 0) is 34.5 Å². The van der Waals surface area contributed by atoms with Crippen molar-refractivity contribution in [1.29, 1.82) is 0 Å². The summed E-state index contributed by atoms with van der Waals surface area (Å²) in [7, 11) is 3.24. The second-order valence-electron chi connectivity index (χ2n) is 12.1. The van der Waals surface area contributed by atoms with Crippen molar-refractivity contribution in [2.45, 2.75) is 53.3 Å². The highest BCUT2D eigenvalue weighted by Crippen LogP contribution is 2.27. The average Bonchev–Trinajstić information content (AvgIpc) is 3.56. The maximum absolute atomic E-state index is 13.6. The van der Waals surface area contributed by atoms with E-state index in [1.807, 2.05) is 31.0 Å². The molecule has 2 heterocycles. The van der Waals surface area contributed by atoms with E-state index in [4.69, 9.17) is 9.15 Å². The Hall–Kier alpha value is -4.65. The van der Waals surface area contributed by atoms with Gasteiger partial charge in [0.1, 0.15) is 5.60 Å². The van der Waals surface area contributed by atoms with Gasteiger partial charge in [0.2, 0.25) is 11.8 Å². The summed E-state index contributed by atoms with van der Waals surface area (Å²) in [5.74, 6) is -0.886. The molecule has 45 heavy (non-hydrogen) atoms. The van der Waals surface area contributed by atoms with Gasteiger partial charge in [-0.2, -0.15) is 4.68 Å². The zero-order chi connectivity index (χ0) is 32.9. The number of fused-ring (bicyclic) bond motifs is 1. The maximum Gasteiger partial charge on any atom is 0.437 e. The minimum atomic E-state index is -0.624. The molecule has 1 aromatic heterocycles. The van der Waals surface area contributed by atoms with E-state index >= 15 is 0 Å². The van der Waals surface area contributed by atoms with E-state index in [-0.39, 0.29) is 43.9 Å². The zero-order valence-corrected chi connectivity index (χ0v) is 27.1. The predicted molar refractivity (Wildman–Crippen MR) is 169 cm³/mol. The summed E-state index contributed by atoms with van der Waals surface area (Å²) in [4.78, 5) is 54.4. The molecule has 0 spiro atoms. The van der Waals surface area contributed by atoms with Gasteiger partial charge < -0.3 is 24.3 Å². The summed E-state index contributed by atoms with van der Waals surface area (Å²) in [6, 6.07) is 13.4.